The van der Waals surface area contributed by atoms with Crippen molar-refractivity contribution in [2.45, 2.75) is 56.5 Å². The van der Waals surface area contributed by atoms with Gasteiger partial charge in [0, 0.05) is 12.8 Å². The lowest BCUT2D eigenvalue weighted by atomic mass is 10.0. The second kappa shape index (κ2) is 9.43. The summed E-state index contributed by atoms with van der Waals surface area (Å²) in [5.41, 5.74) is 0. The topological polar surface area (TPSA) is 90.5 Å². The molecule has 1 heterocycles. The monoisotopic (exact) mass is 279 g/mol. The molecule has 0 amide bonds. The smallest absolute Gasteiger partial charge is 0.142 e. The Morgan fingerprint density at radius 1 is 1.45 bits per heavy atom. The zero-order chi connectivity index (χ0) is 14.8. The molecular weight excluding hydrogens is 258 g/mol. The van der Waals surface area contributed by atoms with E-state index in [9.17, 15) is 15.0 Å². The van der Waals surface area contributed by atoms with Crippen molar-refractivity contribution in [2.75, 3.05) is 0 Å². The van der Waals surface area contributed by atoms with Crippen molar-refractivity contribution in [2.24, 2.45) is 0 Å². The molecule has 1 saturated heterocycles. The highest BCUT2D eigenvalue weighted by Crippen LogP contribution is 2.25. The lowest BCUT2D eigenvalue weighted by molar-refractivity contribution is -0.104. The predicted molar refractivity (Wildman–Crippen MR) is 73.7 cm³/mol. The molecule has 1 rings (SSSR count). The molecule has 4 atom stereocenters. The summed E-state index contributed by atoms with van der Waals surface area (Å²) in [5, 5.41) is 28.1. The molecule has 0 aromatic heterocycles. The van der Waals surface area contributed by atoms with E-state index in [0.717, 1.165) is 12.8 Å². The maximum absolute atomic E-state index is 10.2. The fraction of sp³-hybridized carbons (Fsp3) is 0.600. The van der Waals surface area contributed by atoms with E-state index in [1.54, 1.807) is 0 Å². The summed E-state index contributed by atoms with van der Waals surface area (Å²) in [6.07, 6.45) is 7.90. The number of carbonyl (C=O) groups is 1. The molecule has 1 aliphatic heterocycles. The van der Waals surface area contributed by atoms with E-state index in [2.05, 4.69) is 6.07 Å². The highest BCUT2D eigenvalue weighted by Gasteiger charge is 2.35. The van der Waals surface area contributed by atoms with Gasteiger partial charge >= 0.3 is 0 Å². The van der Waals surface area contributed by atoms with Gasteiger partial charge in [-0.15, -0.1) is 0 Å². The van der Waals surface area contributed by atoms with Gasteiger partial charge in [0.1, 0.15) is 12.4 Å². The van der Waals surface area contributed by atoms with Crippen LogP contribution in [0, 0.1) is 11.3 Å². The fourth-order valence-electron chi connectivity index (χ4n) is 2.10. The average molecular weight is 279 g/mol. The van der Waals surface area contributed by atoms with Crippen molar-refractivity contribution >= 4 is 6.29 Å². The van der Waals surface area contributed by atoms with Gasteiger partial charge in [0.05, 0.1) is 24.4 Å². The van der Waals surface area contributed by atoms with E-state index in [1.165, 1.54) is 12.2 Å². The summed E-state index contributed by atoms with van der Waals surface area (Å²) in [5.74, 6) is 0. The van der Waals surface area contributed by atoms with Crippen LogP contribution in [0.1, 0.15) is 32.1 Å². The Balaban J connectivity index is 2.30. The number of hydrogen-bond acceptors (Lipinski definition) is 5. The Kier molecular flexibility index (Phi) is 7.81. The van der Waals surface area contributed by atoms with Crippen LogP contribution in [-0.2, 0) is 9.53 Å². The second-order valence-corrected chi connectivity index (χ2v) is 4.79. The van der Waals surface area contributed by atoms with E-state index in [0.29, 0.717) is 25.5 Å². The molecule has 0 spiro atoms. The fourth-order valence-corrected chi connectivity index (χ4v) is 2.10. The largest absolute Gasteiger partial charge is 0.390 e. The number of nitrogens with zero attached hydrogens (tertiary/aromatic N) is 1. The maximum Gasteiger partial charge on any atom is 0.142 e. The first-order valence-corrected chi connectivity index (χ1v) is 6.84. The van der Waals surface area contributed by atoms with Crippen LogP contribution in [0.25, 0.3) is 0 Å². The second-order valence-electron chi connectivity index (χ2n) is 4.79. The number of aldehydes is 1. The SMILES string of the molecule is N#CCCC/C=C\C[C@@H](O)[C@@H]1C[C@H](O)[C@H](/C=C/C=O)O1. The van der Waals surface area contributed by atoms with Gasteiger partial charge in [0.2, 0.25) is 0 Å². The molecule has 2 N–H and O–H groups in total. The lowest BCUT2D eigenvalue weighted by Gasteiger charge is -2.16. The molecule has 0 radical (unpaired) electrons. The zero-order valence-corrected chi connectivity index (χ0v) is 11.4. The van der Waals surface area contributed by atoms with Gasteiger partial charge in [-0.3, -0.25) is 4.79 Å². The molecule has 5 nitrogen and oxygen atoms in total. The minimum atomic E-state index is -0.689. The molecule has 0 bridgehead atoms. The number of nitriles is 1. The summed E-state index contributed by atoms with van der Waals surface area (Å²) >= 11 is 0. The number of unbranched alkanes of at least 4 members (excludes halogenated alkanes) is 2. The number of rotatable bonds is 8. The third-order valence-electron chi connectivity index (χ3n) is 3.20. The minimum Gasteiger partial charge on any atom is -0.390 e. The van der Waals surface area contributed by atoms with Crippen LogP contribution < -0.4 is 0 Å². The van der Waals surface area contributed by atoms with Crippen LogP contribution >= 0.6 is 0 Å². The summed E-state index contributed by atoms with van der Waals surface area (Å²) in [7, 11) is 0. The Bertz CT molecular complexity index is 386. The quantitative estimate of drug-likeness (QED) is 0.302. The zero-order valence-electron chi connectivity index (χ0n) is 11.4. The summed E-state index contributed by atoms with van der Waals surface area (Å²) < 4.78 is 5.51. The van der Waals surface area contributed by atoms with Crippen LogP contribution in [0.5, 0.6) is 0 Å². The van der Waals surface area contributed by atoms with Crippen molar-refractivity contribution in [3.05, 3.63) is 24.3 Å². The summed E-state index contributed by atoms with van der Waals surface area (Å²) in [6.45, 7) is 0. The Morgan fingerprint density at radius 2 is 2.25 bits per heavy atom. The van der Waals surface area contributed by atoms with Crippen LogP contribution in [0.15, 0.2) is 24.3 Å². The molecule has 0 saturated carbocycles. The van der Waals surface area contributed by atoms with Gasteiger partial charge < -0.3 is 14.9 Å². The van der Waals surface area contributed by atoms with Crippen LogP contribution in [-0.4, -0.2) is 40.9 Å². The first kappa shape index (κ1) is 16.6. The number of allylic oxidation sites excluding steroid dienone is 2. The Hall–Kier alpha value is -1.48. The predicted octanol–water partition coefficient (Wildman–Crippen LogP) is 1.26. The number of hydrogen-bond donors (Lipinski definition) is 2. The highest BCUT2D eigenvalue weighted by molar-refractivity contribution is 5.64. The number of aliphatic hydroxyl groups is 2. The molecule has 0 aromatic carbocycles. The van der Waals surface area contributed by atoms with Gasteiger partial charge in [0.15, 0.2) is 0 Å². The third-order valence-corrected chi connectivity index (χ3v) is 3.20. The standard InChI is InChI=1S/C15H21NO4/c16-9-5-3-1-2-4-7-12(18)15-11-13(19)14(20-15)8-6-10-17/h2,4,6,8,10,12-15,18-19H,1,3,5,7,11H2/b4-2-,8-6+/t12-,13+,14+,15+/m1/s1. The lowest BCUT2D eigenvalue weighted by Crippen LogP contribution is -2.25. The van der Waals surface area contributed by atoms with E-state index in [1.807, 2.05) is 12.2 Å². The van der Waals surface area contributed by atoms with Crippen molar-refractivity contribution < 1.29 is 19.7 Å². The van der Waals surface area contributed by atoms with Gasteiger partial charge in [-0.25, -0.2) is 0 Å². The number of ether oxygens (including phenoxy) is 1. The molecule has 0 aliphatic carbocycles. The van der Waals surface area contributed by atoms with E-state index in [4.69, 9.17) is 10.00 Å². The molecule has 0 unspecified atom stereocenters. The van der Waals surface area contributed by atoms with Crippen LogP contribution in [0.3, 0.4) is 0 Å². The Morgan fingerprint density at radius 3 is 2.95 bits per heavy atom. The molecule has 1 aliphatic rings. The van der Waals surface area contributed by atoms with Crippen molar-refractivity contribution in [1.29, 1.82) is 5.26 Å². The molecule has 110 valence electrons. The van der Waals surface area contributed by atoms with Gasteiger partial charge in [-0.1, -0.05) is 18.2 Å². The van der Waals surface area contributed by atoms with Gasteiger partial charge in [0.25, 0.3) is 0 Å². The summed E-state index contributed by atoms with van der Waals surface area (Å²) in [6, 6.07) is 2.08. The summed E-state index contributed by atoms with van der Waals surface area (Å²) in [4.78, 5) is 10.2. The third kappa shape index (κ3) is 5.66. The molecule has 20 heavy (non-hydrogen) atoms. The number of aliphatic hydroxyl groups excluding tert-OH is 2. The average Bonchev–Trinajstić information content (AvgIpc) is 2.81. The van der Waals surface area contributed by atoms with Crippen molar-refractivity contribution in [3.8, 4) is 6.07 Å². The van der Waals surface area contributed by atoms with E-state index < -0.39 is 24.4 Å². The van der Waals surface area contributed by atoms with E-state index in [-0.39, 0.29) is 0 Å². The van der Waals surface area contributed by atoms with Crippen LogP contribution in [0.4, 0.5) is 0 Å². The molecule has 1 fully saturated rings. The normalized spacial score (nSPS) is 27.9. The van der Waals surface area contributed by atoms with E-state index >= 15 is 0 Å². The maximum atomic E-state index is 10.2. The highest BCUT2D eigenvalue weighted by atomic mass is 16.5. The van der Waals surface area contributed by atoms with Gasteiger partial charge in [-0.05, 0) is 25.3 Å². The first-order valence-electron chi connectivity index (χ1n) is 6.84. The molecular formula is C15H21NO4. The minimum absolute atomic E-state index is 0.358. The van der Waals surface area contributed by atoms with Crippen molar-refractivity contribution in [1.82, 2.24) is 0 Å². The van der Waals surface area contributed by atoms with Gasteiger partial charge in [-0.2, -0.15) is 5.26 Å². The molecule has 0 aromatic rings. The molecule has 5 heteroatoms. The first-order chi connectivity index (χ1) is 9.69. The number of carbonyl (C=O) groups excluding carboxylic acids is 1. The van der Waals surface area contributed by atoms with Crippen LogP contribution in [0.2, 0.25) is 0 Å². The van der Waals surface area contributed by atoms with Crippen molar-refractivity contribution in [3.63, 3.8) is 0 Å². The Labute approximate surface area is 119 Å².